The van der Waals surface area contributed by atoms with Crippen molar-refractivity contribution in [3.8, 4) is 0 Å². The number of hydrogen-bond acceptors (Lipinski definition) is 6. The summed E-state index contributed by atoms with van der Waals surface area (Å²) in [6, 6.07) is 0. The maximum absolute atomic E-state index is 12.2. The quantitative estimate of drug-likeness (QED) is 0.730. The number of anilines is 1. The third-order valence-electron chi connectivity index (χ3n) is 4.20. The van der Waals surface area contributed by atoms with Gasteiger partial charge >= 0.3 is 0 Å². The van der Waals surface area contributed by atoms with Gasteiger partial charge in [0.1, 0.15) is 0 Å². The van der Waals surface area contributed by atoms with Gasteiger partial charge in [-0.1, -0.05) is 46.0 Å². The van der Waals surface area contributed by atoms with Gasteiger partial charge in [-0.25, -0.2) is 14.6 Å². The van der Waals surface area contributed by atoms with E-state index in [4.69, 9.17) is 0 Å². The molecule has 3 heterocycles. The Morgan fingerprint density at radius 3 is 2.60 bits per heavy atom. The van der Waals surface area contributed by atoms with Gasteiger partial charge in [0.25, 0.3) is 5.56 Å². The minimum atomic E-state index is -0.141. The molecule has 0 atom stereocenters. The van der Waals surface area contributed by atoms with Crippen molar-refractivity contribution >= 4 is 21.4 Å². The Kier molecular flexibility index (Phi) is 4.64. The molecule has 3 aromatic rings. The lowest BCUT2D eigenvalue weighted by molar-refractivity contribution is 0.572. The van der Waals surface area contributed by atoms with Crippen molar-refractivity contribution in [1.29, 1.82) is 0 Å². The number of fused-ring (bicyclic) bond motifs is 1. The maximum Gasteiger partial charge on any atom is 0.269 e. The lowest BCUT2D eigenvalue weighted by Crippen LogP contribution is -2.22. The third-order valence-corrected chi connectivity index (χ3v) is 5.08. The van der Waals surface area contributed by atoms with Gasteiger partial charge in [-0.2, -0.15) is 5.10 Å². The Bertz CT molecular complexity index is 915. The molecule has 0 unspecified atom stereocenters. The lowest BCUT2D eigenvalue weighted by Gasteiger charge is -2.13. The predicted octanol–water partition coefficient (Wildman–Crippen LogP) is 2.91. The molecule has 0 spiro atoms. The lowest BCUT2D eigenvalue weighted by atomic mass is 9.93. The van der Waals surface area contributed by atoms with E-state index in [-0.39, 0.29) is 11.0 Å². The Morgan fingerprint density at radius 1 is 1.24 bits per heavy atom. The van der Waals surface area contributed by atoms with Crippen LogP contribution in [0.2, 0.25) is 0 Å². The number of rotatable bonds is 5. The first-order valence-electron chi connectivity index (χ1n) is 8.53. The Hall–Kier alpha value is -2.22. The largest absolute Gasteiger partial charge is 0.356 e. The van der Waals surface area contributed by atoms with Crippen molar-refractivity contribution in [2.45, 2.75) is 59.4 Å². The highest BCUT2D eigenvalue weighted by molar-refractivity contribution is 7.20. The molecule has 134 valence electrons. The molecule has 0 fully saturated rings. The van der Waals surface area contributed by atoms with Gasteiger partial charge in [-0.05, 0) is 18.4 Å². The SMILES string of the molecule is CCc1n[nH]c(=O)c(CNc2nn3cc(C(C)(C)C)nc3s2)c1CC. The molecular weight excluding hydrogens is 336 g/mol. The van der Waals surface area contributed by atoms with E-state index in [2.05, 4.69) is 46.4 Å². The van der Waals surface area contributed by atoms with Crippen LogP contribution in [0.15, 0.2) is 11.0 Å². The number of imidazole rings is 1. The minimum Gasteiger partial charge on any atom is -0.356 e. The van der Waals surface area contributed by atoms with Crippen LogP contribution in [0.25, 0.3) is 4.96 Å². The average Bonchev–Trinajstić information content (AvgIpc) is 3.11. The topological polar surface area (TPSA) is 88.0 Å². The van der Waals surface area contributed by atoms with E-state index in [9.17, 15) is 4.79 Å². The van der Waals surface area contributed by atoms with E-state index in [0.717, 1.165) is 45.4 Å². The van der Waals surface area contributed by atoms with Crippen LogP contribution in [-0.2, 0) is 24.8 Å². The molecule has 0 aliphatic heterocycles. The molecule has 3 rings (SSSR count). The van der Waals surface area contributed by atoms with Crippen LogP contribution < -0.4 is 10.9 Å². The van der Waals surface area contributed by atoms with Crippen molar-refractivity contribution in [2.75, 3.05) is 5.32 Å². The molecule has 0 radical (unpaired) electrons. The second kappa shape index (κ2) is 6.59. The fourth-order valence-corrected chi connectivity index (χ4v) is 3.54. The fraction of sp³-hybridized carbons (Fsp3) is 0.529. The number of nitrogens with one attached hydrogen (secondary N) is 2. The smallest absolute Gasteiger partial charge is 0.269 e. The van der Waals surface area contributed by atoms with Gasteiger partial charge in [0.2, 0.25) is 10.1 Å². The second-order valence-electron chi connectivity index (χ2n) is 7.03. The minimum absolute atomic E-state index is 0.00206. The van der Waals surface area contributed by atoms with Crippen LogP contribution in [0.1, 0.15) is 57.1 Å². The summed E-state index contributed by atoms with van der Waals surface area (Å²) in [6.07, 6.45) is 3.55. The second-order valence-corrected chi connectivity index (χ2v) is 7.98. The summed E-state index contributed by atoms with van der Waals surface area (Å²) < 4.78 is 1.79. The highest BCUT2D eigenvalue weighted by Gasteiger charge is 2.19. The van der Waals surface area contributed by atoms with Gasteiger partial charge < -0.3 is 5.32 Å². The molecule has 25 heavy (non-hydrogen) atoms. The monoisotopic (exact) mass is 360 g/mol. The molecule has 3 aromatic heterocycles. The number of aromatic nitrogens is 5. The molecular formula is C17H24N6OS. The highest BCUT2D eigenvalue weighted by Crippen LogP contribution is 2.26. The van der Waals surface area contributed by atoms with Gasteiger partial charge in [-0.15, -0.1) is 5.10 Å². The zero-order valence-corrected chi connectivity index (χ0v) is 16.1. The first kappa shape index (κ1) is 17.6. The molecule has 0 aromatic carbocycles. The molecule has 8 heteroatoms. The van der Waals surface area contributed by atoms with Crippen molar-refractivity contribution < 1.29 is 0 Å². The molecule has 0 saturated carbocycles. The van der Waals surface area contributed by atoms with Crippen LogP contribution in [0.5, 0.6) is 0 Å². The van der Waals surface area contributed by atoms with E-state index in [0.29, 0.717) is 6.54 Å². The summed E-state index contributed by atoms with van der Waals surface area (Å²) in [5.74, 6) is 0. The van der Waals surface area contributed by atoms with Gasteiger partial charge in [0.15, 0.2) is 0 Å². The summed E-state index contributed by atoms with van der Waals surface area (Å²) in [6.45, 7) is 10.9. The van der Waals surface area contributed by atoms with Crippen LogP contribution >= 0.6 is 11.3 Å². The van der Waals surface area contributed by atoms with E-state index in [1.165, 1.54) is 11.3 Å². The summed E-state index contributed by atoms with van der Waals surface area (Å²) in [5, 5.41) is 15.3. The van der Waals surface area contributed by atoms with Crippen LogP contribution in [0.4, 0.5) is 5.13 Å². The summed E-state index contributed by atoms with van der Waals surface area (Å²) in [4.78, 5) is 17.7. The fourth-order valence-electron chi connectivity index (χ4n) is 2.76. The average molecular weight is 360 g/mol. The van der Waals surface area contributed by atoms with Crippen molar-refractivity contribution in [3.63, 3.8) is 0 Å². The first-order valence-corrected chi connectivity index (χ1v) is 9.35. The molecule has 0 aliphatic rings. The first-order chi connectivity index (χ1) is 11.8. The highest BCUT2D eigenvalue weighted by atomic mass is 32.1. The Morgan fingerprint density at radius 2 is 2.00 bits per heavy atom. The van der Waals surface area contributed by atoms with E-state index >= 15 is 0 Å². The van der Waals surface area contributed by atoms with Crippen molar-refractivity contribution in [2.24, 2.45) is 0 Å². The number of hydrogen-bond donors (Lipinski definition) is 2. The van der Waals surface area contributed by atoms with E-state index in [1.807, 2.05) is 20.0 Å². The number of nitrogens with zero attached hydrogens (tertiary/aromatic N) is 4. The Balaban J connectivity index is 1.84. The number of aromatic amines is 1. The van der Waals surface area contributed by atoms with Crippen molar-refractivity contribution in [1.82, 2.24) is 24.8 Å². The zero-order valence-electron chi connectivity index (χ0n) is 15.3. The van der Waals surface area contributed by atoms with Gasteiger partial charge in [0.05, 0.1) is 17.6 Å². The van der Waals surface area contributed by atoms with Crippen LogP contribution in [-0.4, -0.2) is 24.8 Å². The van der Waals surface area contributed by atoms with Gasteiger partial charge in [-0.3, -0.25) is 4.79 Å². The summed E-state index contributed by atoms with van der Waals surface area (Å²) in [5.41, 5.74) is 3.58. The predicted molar refractivity (Wildman–Crippen MR) is 101 cm³/mol. The summed E-state index contributed by atoms with van der Waals surface area (Å²) in [7, 11) is 0. The van der Waals surface area contributed by atoms with Crippen LogP contribution in [0.3, 0.4) is 0 Å². The van der Waals surface area contributed by atoms with Crippen molar-refractivity contribution in [3.05, 3.63) is 39.1 Å². The van der Waals surface area contributed by atoms with Crippen LogP contribution in [0, 0.1) is 0 Å². The standard InChI is InChI=1S/C17H24N6OS/c1-6-10-11(14(24)21-20-12(10)7-2)8-18-15-22-23-9-13(17(3,4)5)19-16(23)25-15/h9H,6-8H2,1-5H3,(H,18,22)(H,21,24). The molecule has 0 aliphatic carbocycles. The molecule has 7 nitrogen and oxygen atoms in total. The number of aryl methyl sites for hydroxylation is 1. The maximum atomic E-state index is 12.2. The Labute approximate surface area is 150 Å². The molecule has 2 N–H and O–H groups in total. The number of H-pyrrole nitrogens is 1. The van der Waals surface area contributed by atoms with E-state index < -0.39 is 0 Å². The normalized spacial score (nSPS) is 12.0. The molecule has 0 bridgehead atoms. The van der Waals surface area contributed by atoms with Gasteiger partial charge in [0, 0.05) is 17.5 Å². The summed E-state index contributed by atoms with van der Waals surface area (Å²) >= 11 is 1.48. The molecule has 0 amide bonds. The third kappa shape index (κ3) is 3.44. The molecule has 0 saturated heterocycles. The van der Waals surface area contributed by atoms with E-state index in [1.54, 1.807) is 4.52 Å². The zero-order chi connectivity index (χ0) is 18.2.